The molecule has 0 saturated carbocycles. The molecule has 0 bridgehead atoms. The Kier molecular flexibility index (Phi) is 11.9. The molecule has 0 saturated heterocycles. The van der Waals surface area contributed by atoms with Gasteiger partial charge in [-0.3, -0.25) is 0 Å². The summed E-state index contributed by atoms with van der Waals surface area (Å²) < 4.78 is 10.6. The first-order chi connectivity index (χ1) is 13.0. The Bertz CT molecular complexity index is 611. The molecule has 3 nitrogen and oxygen atoms in total. The first kappa shape index (κ1) is 23.5. The zero-order valence-corrected chi connectivity index (χ0v) is 18.5. The van der Waals surface area contributed by atoms with Crippen LogP contribution < -0.4 is 4.74 Å². The fraction of sp³-hybridized carbons (Fsp3) is 0.478. The second kappa shape index (κ2) is 13.6. The third-order valence-corrected chi connectivity index (χ3v) is 4.99. The molecule has 0 aromatic heterocycles. The number of aromatic hydroxyl groups is 1. The lowest BCUT2D eigenvalue weighted by Crippen LogP contribution is -2.04. The van der Waals surface area contributed by atoms with Gasteiger partial charge in [-0.2, -0.15) is 0 Å². The van der Waals surface area contributed by atoms with Crippen molar-refractivity contribution < 1.29 is 14.6 Å². The van der Waals surface area contributed by atoms with Gasteiger partial charge in [-0.15, -0.1) is 0 Å². The van der Waals surface area contributed by atoms with Crippen LogP contribution in [0.3, 0.4) is 0 Å². The predicted molar refractivity (Wildman–Crippen MR) is 117 cm³/mol. The number of halogens is 1. The van der Waals surface area contributed by atoms with Gasteiger partial charge >= 0.3 is 0 Å². The number of hydrogen-bond donors (Lipinski definition) is 1. The standard InChI is InChI=1S/C13H19BrO2.C10H14O/c1-3-11(2)12-4-6-13(7-5-12)16-10-15-9-8-14;1-3-8(2)9-4-6-10(11)7-5-9/h4-7,11H,3,8-10H2,1-2H3;4-8,11H,3H2,1-2H3. The largest absolute Gasteiger partial charge is 0.508 e. The van der Waals surface area contributed by atoms with Gasteiger partial charge in [0, 0.05) is 5.33 Å². The van der Waals surface area contributed by atoms with Gasteiger partial charge in [0.1, 0.15) is 11.5 Å². The van der Waals surface area contributed by atoms with E-state index in [4.69, 9.17) is 14.6 Å². The van der Waals surface area contributed by atoms with E-state index >= 15 is 0 Å². The maximum absolute atomic E-state index is 9.01. The summed E-state index contributed by atoms with van der Waals surface area (Å²) in [5.41, 5.74) is 2.65. The van der Waals surface area contributed by atoms with Crippen LogP contribution in [-0.4, -0.2) is 23.8 Å². The molecule has 2 atom stereocenters. The molecule has 0 fully saturated rings. The van der Waals surface area contributed by atoms with E-state index in [1.54, 1.807) is 12.1 Å². The highest BCUT2D eigenvalue weighted by Gasteiger charge is 2.02. The fourth-order valence-corrected chi connectivity index (χ4v) is 2.62. The van der Waals surface area contributed by atoms with Gasteiger partial charge < -0.3 is 14.6 Å². The topological polar surface area (TPSA) is 38.7 Å². The molecule has 0 aliphatic heterocycles. The van der Waals surface area contributed by atoms with Gasteiger partial charge in [0.15, 0.2) is 6.79 Å². The van der Waals surface area contributed by atoms with E-state index in [2.05, 4.69) is 55.8 Å². The first-order valence-electron chi connectivity index (χ1n) is 9.67. The first-order valence-corrected chi connectivity index (χ1v) is 10.8. The lowest BCUT2D eigenvalue weighted by Gasteiger charge is -2.10. The summed E-state index contributed by atoms with van der Waals surface area (Å²) in [6.45, 7) is 9.77. The lowest BCUT2D eigenvalue weighted by molar-refractivity contribution is 0.0241. The second-order valence-electron chi connectivity index (χ2n) is 6.64. The van der Waals surface area contributed by atoms with Gasteiger partial charge in [0.2, 0.25) is 0 Å². The lowest BCUT2D eigenvalue weighted by atomic mass is 9.99. The van der Waals surface area contributed by atoms with Crippen LogP contribution in [0.4, 0.5) is 0 Å². The van der Waals surface area contributed by atoms with E-state index in [1.165, 1.54) is 11.1 Å². The van der Waals surface area contributed by atoms with Crippen molar-refractivity contribution in [2.45, 2.75) is 52.4 Å². The number of ether oxygens (including phenoxy) is 2. The van der Waals surface area contributed by atoms with E-state index in [0.717, 1.165) is 23.9 Å². The zero-order valence-electron chi connectivity index (χ0n) is 17.0. The van der Waals surface area contributed by atoms with Crippen LogP contribution >= 0.6 is 15.9 Å². The summed E-state index contributed by atoms with van der Waals surface area (Å²) in [6, 6.07) is 15.7. The summed E-state index contributed by atoms with van der Waals surface area (Å²) in [7, 11) is 0. The van der Waals surface area contributed by atoms with Crippen LogP contribution in [0.25, 0.3) is 0 Å². The van der Waals surface area contributed by atoms with Crippen molar-refractivity contribution in [3.8, 4) is 11.5 Å². The molecule has 150 valence electrons. The van der Waals surface area contributed by atoms with Crippen LogP contribution in [0.5, 0.6) is 11.5 Å². The smallest absolute Gasteiger partial charge is 0.189 e. The minimum Gasteiger partial charge on any atom is -0.508 e. The van der Waals surface area contributed by atoms with Crippen LogP contribution in [0.1, 0.15) is 63.5 Å². The molecule has 0 amide bonds. The minimum atomic E-state index is 0.314. The van der Waals surface area contributed by atoms with Crippen molar-refractivity contribution in [3.05, 3.63) is 59.7 Å². The summed E-state index contributed by atoms with van der Waals surface area (Å²) in [5.74, 6) is 2.41. The van der Waals surface area contributed by atoms with E-state index in [-0.39, 0.29) is 0 Å². The molecule has 0 radical (unpaired) electrons. The van der Waals surface area contributed by atoms with Crippen molar-refractivity contribution in [1.29, 1.82) is 0 Å². The average Bonchev–Trinajstić information content (AvgIpc) is 2.71. The summed E-state index contributed by atoms with van der Waals surface area (Å²) >= 11 is 3.29. The Morgan fingerprint density at radius 3 is 1.78 bits per heavy atom. The molecule has 1 N–H and O–H groups in total. The van der Waals surface area contributed by atoms with E-state index in [9.17, 15) is 0 Å². The number of benzene rings is 2. The van der Waals surface area contributed by atoms with Crippen LogP contribution in [-0.2, 0) is 4.74 Å². The van der Waals surface area contributed by atoms with Gasteiger partial charge in [0.05, 0.1) is 6.61 Å². The average molecular weight is 437 g/mol. The maximum Gasteiger partial charge on any atom is 0.189 e. The monoisotopic (exact) mass is 436 g/mol. The molecule has 0 aliphatic rings. The number of alkyl halides is 1. The predicted octanol–water partition coefficient (Wildman–Crippen LogP) is 6.85. The molecule has 2 rings (SSSR count). The number of phenols is 1. The summed E-state index contributed by atoms with van der Waals surface area (Å²) in [6.07, 6.45) is 2.30. The Morgan fingerprint density at radius 1 is 0.852 bits per heavy atom. The van der Waals surface area contributed by atoms with Crippen molar-refractivity contribution in [3.63, 3.8) is 0 Å². The molecule has 2 unspecified atom stereocenters. The van der Waals surface area contributed by atoms with E-state index in [0.29, 0.717) is 31.0 Å². The van der Waals surface area contributed by atoms with Crippen LogP contribution in [0, 0.1) is 0 Å². The molecule has 0 heterocycles. The molecule has 2 aromatic carbocycles. The fourth-order valence-electron chi connectivity index (χ4n) is 2.39. The Morgan fingerprint density at radius 2 is 1.33 bits per heavy atom. The Labute approximate surface area is 172 Å². The van der Waals surface area contributed by atoms with E-state index < -0.39 is 0 Å². The number of phenolic OH excluding ortho intramolecular Hbond substituents is 1. The molecular formula is C23H33BrO3. The third kappa shape index (κ3) is 9.30. The zero-order chi connectivity index (χ0) is 20.1. The molecule has 0 aliphatic carbocycles. The summed E-state index contributed by atoms with van der Waals surface area (Å²) in [5, 5.41) is 9.85. The molecule has 4 heteroatoms. The maximum atomic E-state index is 9.01. The third-order valence-electron chi connectivity index (χ3n) is 4.67. The van der Waals surface area contributed by atoms with Crippen molar-refractivity contribution in [2.24, 2.45) is 0 Å². The highest BCUT2D eigenvalue weighted by Crippen LogP contribution is 2.21. The number of hydrogen-bond acceptors (Lipinski definition) is 3. The van der Waals surface area contributed by atoms with Crippen LogP contribution in [0.2, 0.25) is 0 Å². The van der Waals surface area contributed by atoms with Crippen molar-refractivity contribution >= 4 is 15.9 Å². The van der Waals surface area contributed by atoms with Crippen molar-refractivity contribution in [1.82, 2.24) is 0 Å². The molecule has 2 aromatic rings. The van der Waals surface area contributed by atoms with Crippen molar-refractivity contribution in [2.75, 3.05) is 18.7 Å². The van der Waals surface area contributed by atoms with Gasteiger partial charge in [0.25, 0.3) is 0 Å². The van der Waals surface area contributed by atoms with Crippen LogP contribution in [0.15, 0.2) is 48.5 Å². The Balaban J connectivity index is 0.000000289. The minimum absolute atomic E-state index is 0.314. The van der Waals surface area contributed by atoms with Gasteiger partial charge in [-0.25, -0.2) is 0 Å². The normalized spacial score (nSPS) is 12.6. The quantitative estimate of drug-likeness (QED) is 0.265. The van der Waals surface area contributed by atoms with E-state index in [1.807, 2.05) is 24.3 Å². The highest BCUT2D eigenvalue weighted by molar-refractivity contribution is 9.09. The second-order valence-corrected chi connectivity index (χ2v) is 7.43. The highest BCUT2D eigenvalue weighted by atomic mass is 79.9. The number of rotatable bonds is 9. The van der Waals surface area contributed by atoms with Gasteiger partial charge in [-0.1, -0.05) is 67.9 Å². The molecule has 0 spiro atoms. The molecular weight excluding hydrogens is 404 g/mol. The van der Waals surface area contributed by atoms with Gasteiger partial charge in [-0.05, 0) is 60.1 Å². The molecule has 27 heavy (non-hydrogen) atoms. The SMILES string of the molecule is CCC(C)c1ccc(O)cc1.CCC(C)c1ccc(OCOCCBr)cc1. The summed E-state index contributed by atoms with van der Waals surface area (Å²) in [4.78, 5) is 0. The Hall–Kier alpha value is -1.52.